The third kappa shape index (κ3) is 3.36. The first-order valence-electron chi connectivity index (χ1n) is 7.58. The van der Waals surface area contributed by atoms with Gasteiger partial charge >= 0.3 is 0 Å². The number of halogens is 2. The first-order chi connectivity index (χ1) is 9.67. The standard InChI is InChI=1S/C16H24F2N2/c1-2-13-6-4-3-5-9-20(13)16(11-19)12-7-8-14(17)15(18)10-12/h7-8,10,13,16H,2-6,9,11,19H2,1H3. The lowest BCUT2D eigenvalue weighted by molar-refractivity contribution is 0.135. The highest BCUT2D eigenvalue weighted by molar-refractivity contribution is 5.22. The van der Waals surface area contributed by atoms with Crippen molar-refractivity contribution in [1.82, 2.24) is 4.90 Å². The van der Waals surface area contributed by atoms with E-state index in [0.29, 0.717) is 12.6 Å². The van der Waals surface area contributed by atoms with Crippen molar-refractivity contribution in [1.29, 1.82) is 0 Å². The first-order valence-corrected chi connectivity index (χ1v) is 7.58. The van der Waals surface area contributed by atoms with Gasteiger partial charge in [0.1, 0.15) is 0 Å². The minimum Gasteiger partial charge on any atom is -0.329 e. The molecule has 2 rings (SSSR count). The Labute approximate surface area is 120 Å². The molecular formula is C16H24F2N2. The van der Waals surface area contributed by atoms with Gasteiger partial charge in [0.15, 0.2) is 11.6 Å². The van der Waals surface area contributed by atoms with Crippen LogP contribution >= 0.6 is 0 Å². The van der Waals surface area contributed by atoms with Crippen LogP contribution in [0.3, 0.4) is 0 Å². The molecule has 0 amide bonds. The van der Waals surface area contributed by atoms with Gasteiger partial charge in [0, 0.05) is 18.6 Å². The fourth-order valence-electron chi connectivity index (χ4n) is 3.23. The Kier molecular flexibility index (Phi) is 5.49. The number of hydrogen-bond donors (Lipinski definition) is 1. The van der Waals surface area contributed by atoms with E-state index in [1.54, 1.807) is 6.07 Å². The molecule has 2 nitrogen and oxygen atoms in total. The molecule has 1 aliphatic heterocycles. The van der Waals surface area contributed by atoms with E-state index in [1.165, 1.54) is 25.0 Å². The minimum atomic E-state index is -0.799. The molecule has 1 aliphatic rings. The van der Waals surface area contributed by atoms with Gasteiger partial charge in [-0.05, 0) is 43.5 Å². The molecule has 4 heteroatoms. The van der Waals surface area contributed by atoms with E-state index in [1.807, 2.05) is 0 Å². The van der Waals surface area contributed by atoms with Gasteiger partial charge in [-0.2, -0.15) is 0 Å². The summed E-state index contributed by atoms with van der Waals surface area (Å²) in [5, 5.41) is 0. The predicted molar refractivity (Wildman–Crippen MR) is 77.4 cm³/mol. The smallest absolute Gasteiger partial charge is 0.159 e. The summed E-state index contributed by atoms with van der Waals surface area (Å²) in [6.07, 6.45) is 5.86. The summed E-state index contributed by atoms with van der Waals surface area (Å²) < 4.78 is 26.6. The van der Waals surface area contributed by atoms with Gasteiger partial charge < -0.3 is 5.73 Å². The maximum absolute atomic E-state index is 13.5. The van der Waals surface area contributed by atoms with Gasteiger partial charge in [-0.1, -0.05) is 25.8 Å². The Hall–Kier alpha value is -1.00. The maximum atomic E-state index is 13.5. The monoisotopic (exact) mass is 282 g/mol. The topological polar surface area (TPSA) is 29.3 Å². The van der Waals surface area contributed by atoms with Gasteiger partial charge in [0.25, 0.3) is 0 Å². The summed E-state index contributed by atoms with van der Waals surface area (Å²) in [5.74, 6) is -1.59. The Morgan fingerprint density at radius 1 is 1.25 bits per heavy atom. The highest BCUT2D eigenvalue weighted by Gasteiger charge is 2.27. The molecule has 20 heavy (non-hydrogen) atoms. The van der Waals surface area contributed by atoms with Gasteiger partial charge in [-0.3, -0.25) is 4.90 Å². The molecule has 2 N–H and O–H groups in total. The van der Waals surface area contributed by atoms with E-state index in [-0.39, 0.29) is 6.04 Å². The summed E-state index contributed by atoms with van der Waals surface area (Å²) in [4.78, 5) is 2.39. The zero-order valence-corrected chi connectivity index (χ0v) is 12.1. The number of nitrogens with zero attached hydrogens (tertiary/aromatic N) is 1. The Morgan fingerprint density at radius 3 is 2.70 bits per heavy atom. The van der Waals surface area contributed by atoms with Crippen LogP contribution in [-0.2, 0) is 0 Å². The van der Waals surface area contributed by atoms with Gasteiger partial charge in [-0.15, -0.1) is 0 Å². The summed E-state index contributed by atoms with van der Waals surface area (Å²) in [5.41, 5.74) is 6.72. The maximum Gasteiger partial charge on any atom is 0.159 e. The van der Waals surface area contributed by atoms with Gasteiger partial charge in [0.05, 0.1) is 0 Å². The van der Waals surface area contributed by atoms with Crippen molar-refractivity contribution >= 4 is 0 Å². The van der Waals surface area contributed by atoms with E-state index in [2.05, 4.69) is 11.8 Å². The molecule has 0 radical (unpaired) electrons. The molecule has 2 unspecified atom stereocenters. The third-order valence-corrected chi connectivity index (χ3v) is 4.35. The van der Waals surface area contributed by atoms with Gasteiger partial charge in [-0.25, -0.2) is 8.78 Å². The molecule has 0 saturated carbocycles. The van der Waals surface area contributed by atoms with E-state index in [0.717, 1.165) is 31.4 Å². The van der Waals surface area contributed by atoms with Crippen molar-refractivity contribution in [2.24, 2.45) is 5.73 Å². The lowest BCUT2D eigenvalue weighted by Gasteiger charge is -2.36. The molecule has 1 saturated heterocycles. The van der Waals surface area contributed by atoms with Crippen molar-refractivity contribution in [2.45, 2.75) is 51.1 Å². The summed E-state index contributed by atoms with van der Waals surface area (Å²) >= 11 is 0. The quantitative estimate of drug-likeness (QED) is 0.914. The highest BCUT2D eigenvalue weighted by atomic mass is 19.2. The third-order valence-electron chi connectivity index (χ3n) is 4.35. The molecule has 0 spiro atoms. The van der Waals surface area contributed by atoms with E-state index < -0.39 is 11.6 Å². The number of benzene rings is 1. The number of nitrogens with two attached hydrogens (primary N) is 1. The lowest BCUT2D eigenvalue weighted by atomic mass is 10.0. The zero-order valence-electron chi connectivity index (χ0n) is 12.1. The van der Waals surface area contributed by atoms with Crippen LogP contribution in [0.1, 0.15) is 50.6 Å². The van der Waals surface area contributed by atoms with Crippen LogP contribution in [0.15, 0.2) is 18.2 Å². The molecule has 0 aromatic heterocycles. The van der Waals surface area contributed by atoms with Crippen molar-refractivity contribution < 1.29 is 8.78 Å². The molecule has 2 atom stereocenters. The minimum absolute atomic E-state index is 0.0202. The van der Waals surface area contributed by atoms with Gasteiger partial charge in [0.2, 0.25) is 0 Å². The van der Waals surface area contributed by atoms with Crippen molar-refractivity contribution in [2.75, 3.05) is 13.1 Å². The molecule has 1 heterocycles. The SMILES string of the molecule is CCC1CCCCCN1C(CN)c1ccc(F)c(F)c1. The second-order valence-electron chi connectivity index (χ2n) is 5.57. The number of likely N-dealkylation sites (tertiary alicyclic amines) is 1. The van der Waals surface area contributed by atoms with E-state index in [9.17, 15) is 8.78 Å². The van der Waals surface area contributed by atoms with Crippen molar-refractivity contribution in [3.63, 3.8) is 0 Å². The average Bonchev–Trinajstić information content (AvgIpc) is 2.69. The number of hydrogen-bond acceptors (Lipinski definition) is 2. The summed E-state index contributed by atoms with van der Waals surface area (Å²) in [7, 11) is 0. The molecule has 0 bridgehead atoms. The van der Waals surface area contributed by atoms with Crippen LogP contribution in [-0.4, -0.2) is 24.0 Å². The predicted octanol–water partition coefficient (Wildman–Crippen LogP) is 3.62. The Morgan fingerprint density at radius 2 is 2.05 bits per heavy atom. The Balaban J connectivity index is 2.26. The molecule has 0 aliphatic carbocycles. The Bertz CT molecular complexity index is 436. The molecule has 1 aromatic rings. The highest BCUT2D eigenvalue weighted by Crippen LogP contribution is 2.29. The fraction of sp³-hybridized carbons (Fsp3) is 0.625. The second-order valence-corrected chi connectivity index (χ2v) is 5.57. The molecule has 112 valence electrons. The van der Waals surface area contributed by atoms with E-state index in [4.69, 9.17) is 5.73 Å². The molecule has 1 aromatic carbocycles. The van der Waals surface area contributed by atoms with Crippen LogP contribution in [0.4, 0.5) is 8.78 Å². The van der Waals surface area contributed by atoms with Crippen LogP contribution in [0, 0.1) is 11.6 Å². The van der Waals surface area contributed by atoms with Crippen molar-refractivity contribution in [3.05, 3.63) is 35.4 Å². The first kappa shape index (κ1) is 15.4. The van der Waals surface area contributed by atoms with Crippen LogP contribution in [0.2, 0.25) is 0 Å². The zero-order chi connectivity index (χ0) is 14.5. The normalized spacial score (nSPS) is 22.5. The second kappa shape index (κ2) is 7.14. The average molecular weight is 282 g/mol. The van der Waals surface area contributed by atoms with Crippen LogP contribution in [0.25, 0.3) is 0 Å². The largest absolute Gasteiger partial charge is 0.329 e. The lowest BCUT2D eigenvalue weighted by Crippen LogP contribution is -2.41. The van der Waals surface area contributed by atoms with E-state index >= 15 is 0 Å². The molecule has 1 fully saturated rings. The number of rotatable bonds is 4. The van der Waals surface area contributed by atoms with Crippen LogP contribution < -0.4 is 5.73 Å². The fourth-order valence-corrected chi connectivity index (χ4v) is 3.23. The van der Waals surface area contributed by atoms with Crippen molar-refractivity contribution in [3.8, 4) is 0 Å². The van der Waals surface area contributed by atoms with Crippen LogP contribution in [0.5, 0.6) is 0 Å². The summed E-state index contributed by atoms with van der Waals surface area (Å²) in [6.45, 7) is 3.60. The summed E-state index contributed by atoms with van der Waals surface area (Å²) in [6, 6.07) is 4.62. The molecular weight excluding hydrogens is 258 g/mol.